The molecule has 2 aromatic rings. The summed E-state index contributed by atoms with van der Waals surface area (Å²) in [5.74, 6) is 6.40. The van der Waals surface area contributed by atoms with Crippen molar-refractivity contribution in [2.45, 2.75) is 25.5 Å². The van der Waals surface area contributed by atoms with E-state index in [2.05, 4.69) is 26.7 Å². The molecule has 2 unspecified atom stereocenters. The SMILES string of the molecule is CC(Oc1cccc(Cl)c1)C(Cc1sccc1Br)NN. The van der Waals surface area contributed by atoms with Crippen molar-refractivity contribution < 1.29 is 4.74 Å². The molecule has 0 aliphatic rings. The zero-order chi connectivity index (χ0) is 14.5. The Morgan fingerprint density at radius 1 is 1.45 bits per heavy atom. The molecule has 0 saturated heterocycles. The van der Waals surface area contributed by atoms with E-state index in [1.807, 2.05) is 31.2 Å². The van der Waals surface area contributed by atoms with Gasteiger partial charge in [0.2, 0.25) is 0 Å². The summed E-state index contributed by atoms with van der Waals surface area (Å²) in [4.78, 5) is 1.24. The van der Waals surface area contributed by atoms with Crippen LogP contribution in [-0.2, 0) is 6.42 Å². The molecule has 3 nitrogen and oxygen atoms in total. The van der Waals surface area contributed by atoms with Gasteiger partial charge < -0.3 is 4.74 Å². The minimum Gasteiger partial charge on any atom is -0.489 e. The first kappa shape index (κ1) is 15.8. The second-order valence-electron chi connectivity index (χ2n) is 4.45. The number of nitrogens with one attached hydrogen (secondary N) is 1. The van der Waals surface area contributed by atoms with Gasteiger partial charge in [-0.3, -0.25) is 11.3 Å². The van der Waals surface area contributed by atoms with Crippen LogP contribution >= 0.6 is 38.9 Å². The zero-order valence-electron chi connectivity index (χ0n) is 11.0. The molecule has 108 valence electrons. The Bertz CT molecular complexity index is 564. The maximum absolute atomic E-state index is 5.95. The fourth-order valence-corrected chi connectivity index (χ4v) is 3.62. The Kier molecular flexibility index (Phi) is 5.86. The van der Waals surface area contributed by atoms with E-state index >= 15 is 0 Å². The lowest BCUT2D eigenvalue weighted by Gasteiger charge is -2.24. The molecule has 0 aliphatic carbocycles. The van der Waals surface area contributed by atoms with Gasteiger partial charge in [0.15, 0.2) is 0 Å². The van der Waals surface area contributed by atoms with Crippen LogP contribution in [0.4, 0.5) is 0 Å². The zero-order valence-corrected chi connectivity index (χ0v) is 14.1. The molecule has 1 aromatic heterocycles. The van der Waals surface area contributed by atoms with E-state index in [0.717, 1.165) is 16.6 Å². The molecular weight excluding hydrogens is 360 g/mol. The Labute approximate surface area is 136 Å². The third-order valence-electron chi connectivity index (χ3n) is 3.00. The van der Waals surface area contributed by atoms with Gasteiger partial charge in [0.25, 0.3) is 0 Å². The van der Waals surface area contributed by atoms with Crippen molar-refractivity contribution in [3.63, 3.8) is 0 Å². The predicted octanol–water partition coefficient (Wildman–Crippen LogP) is 4.01. The van der Waals surface area contributed by atoms with Gasteiger partial charge >= 0.3 is 0 Å². The van der Waals surface area contributed by atoms with Crippen molar-refractivity contribution in [3.8, 4) is 5.75 Å². The van der Waals surface area contributed by atoms with Crippen LogP contribution in [0.25, 0.3) is 0 Å². The highest BCUT2D eigenvalue weighted by Gasteiger charge is 2.20. The molecule has 2 atom stereocenters. The average molecular weight is 376 g/mol. The molecule has 20 heavy (non-hydrogen) atoms. The van der Waals surface area contributed by atoms with E-state index in [0.29, 0.717) is 5.02 Å². The van der Waals surface area contributed by atoms with Crippen molar-refractivity contribution in [1.29, 1.82) is 0 Å². The lowest BCUT2D eigenvalue weighted by atomic mass is 10.1. The van der Waals surface area contributed by atoms with Gasteiger partial charge in [-0.2, -0.15) is 0 Å². The second kappa shape index (κ2) is 7.43. The second-order valence-corrected chi connectivity index (χ2v) is 6.74. The average Bonchev–Trinajstić information content (AvgIpc) is 2.81. The summed E-state index contributed by atoms with van der Waals surface area (Å²) >= 11 is 11.2. The van der Waals surface area contributed by atoms with Crippen LogP contribution in [0.3, 0.4) is 0 Å². The Morgan fingerprint density at radius 2 is 2.25 bits per heavy atom. The molecule has 0 amide bonds. The van der Waals surface area contributed by atoms with Crippen LogP contribution in [0.5, 0.6) is 5.75 Å². The standard InChI is InChI=1S/C14H16BrClN2OS/c1-9(19-11-4-2-3-10(16)7-11)13(18-17)8-14-12(15)5-6-20-14/h2-7,9,13,18H,8,17H2,1H3. The molecule has 0 spiro atoms. The summed E-state index contributed by atoms with van der Waals surface area (Å²) in [5.41, 5.74) is 2.83. The van der Waals surface area contributed by atoms with Crippen LogP contribution in [0.15, 0.2) is 40.2 Å². The van der Waals surface area contributed by atoms with Crippen LogP contribution in [0.1, 0.15) is 11.8 Å². The van der Waals surface area contributed by atoms with Crippen molar-refractivity contribution in [1.82, 2.24) is 5.43 Å². The van der Waals surface area contributed by atoms with Gasteiger partial charge in [-0.15, -0.1) is 11.3 Å². The van der Waals surface area contributed by atoms with Gasteiger partial charge in [0.1, 0.15) is 11.9 Å². The molecule has 3 N–H and O–H groups in total. The maximum Gasteiger partial charge on any atom is 0.121 e. The molecule has 0 radical (unpaired) electrons. The number of hydrazine groups is 1. The van der Waals surface area contributed by atoms with Crippen LogP contribution in [0, 0.1) is 0 Å². The fraction of sp³-hybridized carbons (Fsp3) is 0.286. The molecule has 0 saturated carbocycles. The number of nitrogens with two attached hydrogens (primary N) is 1. The van der Waals surface area contributed by atoms with Crippen molar-refractivity contribution >= 4 is 38.9 Å². The summed E-state index contributed by atoms with van der Waals surface area (Å²) in [6, 6.07) is 9.43. The third kappa shape index (κ3) is 4.20. The number of thiophene rings is 1. The van der Waals surface area contributed by atoms with E-state index < -0.39 is 0 Å². The number of halogens is 2. The molecule has 0 fully saturated rings. The lowest BCUT2D eigenvalue weighted by molar-refractivity contribution is 0.170. The Balaban J connectivity index is 2.02. The predicted molar refractivity (Wildman–Crippen MR) is 88.4 cm³/mol. The molecule has 1 aromatic carbocycles. The molecule has 2 rings (SSSR count). The number of hydrogen-bond acceptors (Lipinski definition) is 4. The van der Waals surface area contributed by atoms with Gasteiger partial charge in [0, 0.05) is 20.8 Å². The van der Waals surface area contributed by atoms with Crippen molar-refractivity contribution in [2.75, 3.05) is 0 Å². The first-order chi connectivity index (χ1) is 9.60. The number of hydrogen-bond donors (Lipinski definition) is 2. The number of ether oxygens (including phenoxy) is 1. The smallest absolute Gasteiger partial charge is 0.121 e. The maximum atomic E-state index is 5.95. The topological polar surface area (TPSA) is 47.3 Å². The first-order valence-corrected chi connectivity index (χ1v) is 8.25. The summed E-state index contributed by atoms with van der Waals surface area (Å²) in [6.45, 7) is 1.99. The minimum atomic E-state index is -0.0764. The summed E-state index contributed by atoms with van der Waals surface area (Å²) in [5, 5.41) is 2.71. The minimum absolute atomic E-state index is 0.0175. The van der Waals surface area contributed by atoms with Gasteiger partial charge in [-0.1, -0.05) is 17.7 Å². The van der Waals surface area contributed by atoms with E-state index in [9.17, 15) is 0 Å². The van der Waals surface area contributed by atoms with Crippen molar-refractivity contribution in [2.24, 2.45) is 5.84 Å². The van der Waals surface area contributed by atoms with Crippen LogP contribution in [-0.4, -0.2) is 12.1 Å². The largest absolute Gasteiger partial charge is 0.489 e. The summed E-state index contributed by atoms with van der Waals surface area (Å²) in [7, 11) is 0. The number of benzene rings is 1. The normalized spacial score (nSPS) is 14.0. The first-order valence-electron chi connectivity index (χ1n) is 6.20. The van der Waals surface area contributed by atoms with Crippen LogP contribution < -0.4 is 16.0 Å². The molecule has 0 aliphatic heterocycles. The quantitative estimate of drug-likeness (QED) is 0.592. The highest BCUT2D eigenvalue weighted by atomic mass is 79.9. The van der Waals surface area contributed by atoms with Gasteiger partial charge in [-0.25, -0.2) is 0 Å². The van der Waals surface area contributed by atoms with Gasteiger partial charge in [0.05, 0.1) is 6.04 Å². The van der Waals surface area contributed by atoms with E-state index in [1.165, 1.54) is 4.88 Å². The lowest BCUT2D eigenvalue weighted by Crippen LogP contribution is -2.46. The number of rotatable bonds is 6. The van der Waals surface area contributed by atoms with Crippen molar-refractivity contribution in [3.05, 3.63) is 50.1 Å². The van der Waals surface area contributed by atoms with Crippen LogP contribution in [0.2, 0.25) is 5.02 Å². The monoisotopic (exact) mass is 374 g/mol. The fourth-order valence-electron chi connectivity index (χ4n) is 1.87. The summed E-state index contributed by atoms with van der Waals surface area (Å²) in [6.07, 6.45) is 0.726. The van der Waals surface area contributed by atoms with E-state index in [-0.39, 0.29) is 12.1 Å². The molecular formula is C14H16BrClN2OS. The Morgan fingerprint density at radius 3 is 2.85 bits per heavy atom. The molecule has 1 heterocycles. The van der Waals surface area contributed by atoms with E-state index in [4.69, 9.17) is 22.2 Å². The Hall–Kier alpha value is -0.590. The highest BCUT2D eigenvalue weighted by Crippen LogP contribution is 2.25. The highest BCUT2D eigenvalue weighted by molar-refractivity contribution is 9.10. The third-order valence-corrected chi connectivity index (χ3v) is 5.18. The summed E-state index contributed by atoms with van der Waals surface area (Å²) < 4.78 is 7.01. The molecule has 6 heteroatoms. The molecule has 0 bridgehead atoms. The van der Waals surface area contributed by atoms with Gasteiger partial charge in [-0.05, 0) is 52.5 Å². The van der Waals surface area contributed by atoms with E-state index in [1.54, 1.807) is 17.4 Å².